The zero-order valence-corrected chi connectivity index (χ0v) is 14.1. The molecule has 4 rings (SSSR count). The Morgan fingerprint density at radius 3 is 2.62 bits per heavy atom. The summed E-state index contributed by atoms with van der Waals surface area (Å²) in [5, 5.41) is 9.58. The van der Waals surface area contributed by atoms with E-state index in [1.807, 2.05) is 17.0 Å². The molecule has 24 heavy (non-hydrogen) atoms. The van der Waals surface area contributed by atoms with Crippen LogP contribution in [0.15, 0.2) is 24.3 Å². The van der Waals surface area contributed by atoms with Gasteiger partial charge in [-0.1, -0.05) is 18.2 Å². The van der Waals surface area contributed by atoms with Gasteiger partial charge in [0.05, 0.1) is 25.2 Å². The van der Waals surface area contributed by atoms with E-state index in [0.717, 1.165) is 51.1 Å². The van der Waals surface area contributed by atoms with Crippen molar-refractivity contribution in [2.75, 3.05) is 50.9 Å². The number of carbonyl (C=O) groups is 1. The van der Waals surface area contributed by atoms with Crippen molar-refractivity contribution in [1.29, 1.82) is 0 Å². The topological polar surface area (TPSA) is 53.0 Å². The van der Waals surface area contributed by atoms with E-state index in [4.69, 9.17) is 4.74 Å². The molecule has 0 radical (unpaired) electrons. The zero-order valence-electron chi connectivity index (χ0n) is 14.1. The predicted molar refractivity (Wildman–Crippen MR) is 92.0 cm³/mol. The van der Waals surface area contributed by atoms with Gasteiger partial charge in [-0.2, -0.15) is 0 Å². The summed E-state index contributed by atoms with van der Waals surface area (Å²) in [6.07, 6.45) is 2.81. The average molecular weight is 330 g/mol. The molecule has 5 nitrogen and oxygen atoms in total. The van der Waals surface area contributed by atoms with Crippen molar-refractivity contribution in [3.8, 4) is 0 Å². The summed E-state index contributed by atoms with van der Waals surface area (Å²) < 4.78 is 5.28. The average Bonchev–Trinajstić information content (AvgIpc) is 3.02. The molecule has 0 aromatic heterocycles. The lowest BCUT2D eigenvalue weighted by atomic mass is 9.85. The number of para-hydroxylation sites is 1. The molecule has 3 aliphatic rings. The van der Waals surface area contributed by atoms with Gasteiger partial charge in [-0.3, -0.25) is 4.79 Å². The van der Waals surface area contributed by atoms with E-state index in [0.29, 0.717) is 19.1 Å². The van der Waals surface area contributed by atoms with Crippen LogP contribution >= 0.6 is 0 Å². The van der Waals surface area contributed by atoms with E-state index in [9.17, 15) is 9.90 Å². The van der Waals surface area contributed by atoms with Crippen LogP contribution in [0.25, 0.3) is 0 Å². The number of ether oxygens (including phenoxy) is 1. The highest BCUT2D eigenvalue weighted by atomic mass is 16.5. The molecule has 0 spiro atoms. The number of nitrogens with zero attached hydrogens (tertiary/aromatic N) is 2. The normalized spacial score (nSPS) is 23.8. The molecule has 0 unspecified atom stereocenters. The molecule has 1 amide bonds. The van der Waals surface area contributed by atoms with Crippen LogP contribution in [0, 0.1) is 11.3 Å². The molecule has 1 aromatic rings. The van der Waals surface area contributed by atoms with Crippen molar-refractivity contribution in [3.63, 3.8) is 0 Å². The van der Waals surface area contributed by atoms with Gasteiger partial charge in [0.2, 0.25) is 5.91 Å². The van der Waals surface area contributed by atoms with Gasteiger partial charge >= 0.3 is 0 Å². The number of rotatable bonds is 4. The van der Waals surface area contributed by atoms with E-state index in [1.165, 1.54) is 5.56 Å². The number of likely N-dealkylation sites (tertiary alicyclic amines) is 1. The number of anilines is 1. The second-order valence-electron chi connectivity index (χ2n) is 7.57. The van der Waals surface area contributed by atoms with Gasteiger partial charge in [0, 0.05) is 24.7 Å². The summed E-state index contributed by atoms with van der Waals surface area (Å²) in [6, 6.07) is 8.26. The molecule has 3 heterocycles. The number of carbonyl (C=O) groups excluding carboxylic acids is 1. The van der Waals surface area contributed by atoms with Crippen LogP contribution < -0.4 is 4.90 Å². The quantitative estimate of drug-likeness (QED) is 0.904. The molecule has 130 valence electrons. The highest BCUT2D eigenvalue weighted by Crippen LogP contribution is 2.33. The third-order valence-electron chi connectivity index (χ3n) is 5.80. The van der Waals surface area contributed by atoms with Crippen molar-refractivity contribution in [1.82, 2.24) is 4.90 Å². The summed E-state index contributed by atoms with van der Waals surface area (Å²) in [4.78, 5) is 17.3. The minimum Gasteiger partial charge on any atom is -0.396 e. The van der Waals surface area contributed by atoms with Crippen molar-refractivity contribution >= 4 is 11.6 Å². The Bertz CT molecular complexity index is 601. The number of aliphatic hydroxyl groups is 1. The number of hydrogen-bond donors (Lipinski definition) is 1. The first-order valence-electron chi connectivity index (χ1n) is 9.01. The Hall–Kier alpha value is -1.43. The minimum absolute atomic E-state index is 0.0647. The standard InChI is InChI=1S/C19H26N2O3/c22-12-19(13-24-14-19)11-20-8-5-16(6-9-20)18(23)21-10-7-15-3-1-2-4-17(15)21/h1-4,16,22H,5-14H2. The van der Waals surface area contributed by atoms with E-state index < -0.39 is 0 Å². The van der Waals surface area contributed by atoms with Crippen molar-refractivity contribution < 1.29 is 14.6 Å². The van der Waals surface area contributed by atoms with Crippen LogP contribution in [0.4, 0.5) is 5.69 Å². The van der Waals surface area contributed by atoms with E-state index in [-0.39, 0.29) is 17.9 Å². The van der Waals surface area contributed by atoms with Crippen LogP contribution in [0.1, 0.15) is 18.4 Å². The molecule has 2 saturated heterocycles. The fourth-order valence-corrected chi connectivity index (χ4v) is 4.22. The lowest BCUT2D eigenvalue weighted by molar-refractivity contribution is -0.150. The summed E-state index contributed by atoms with van der Waals surface area (Å²) in [5.41, 5.74) is 2.33. The summed E-state index contributed by atoms with van der Waals surface area (Å²) in [7, 11) is 0. The fourth-order valence-electron chi connectivity index (χ4n) is 4.22. The maximum atomic E-state index is 12.9. The molecule has 0 atom stereocenters. The Morgan fingerprint density at radius 2 is 1.96 bits per heavy atom. The monoisotopic (exact) mass is 330 g/mol. The SMILES string of the molecule is O=C(C1CCN(CC2(CO)COC2)CC1)N1CCc2ccccc21. The Morgan fingerprint density at radius 1 is 1.21 bits per heavy atom. The molecule has 0 bridgehead atoms. The Kier molecular flexibility index (Phi) is 4.33. The Balaban J connectivity index is 1.34. The molecular weight excluding hydrogens is 304 g/mol. The molecule has 0 aliphatic carbocycles. The lowest BCUT2D eigenvalue weighted by Crippen LogP contribution is -2.55. The minimum atomic E-state index is -0.0647. The number of hydrogen-bond acceptors (Lipinski definition) is 4. The number of benzene rings is 1. The number of fused-ring (bicyclic) bond motifs is 1. The molecule has 5 heteroatoms. The largest absolute Gasteiger partial charge is 0.396 e. The molecule has 3 aliphatic heterocycles. The van der Waals surface area contributed by atoms with Gasteiger partial charge in [0.15, 0.2) is 0 Å². The van der Waals surface area contributed by atoms with Gasteiger partial charge < -0.3 is 19.6 Å². The van der Waals surface area contributed by atoms with Gasteiger partial charge in [-0.15, -0.1) is 0 Å². The van der Waals surface area contributed by atoms with Gasteiger partial charge in [-0.05, 0) is 44.0 Å². The maximum absolute atomic E-state index is 12.9. The van der Waals surface area contributed by atoms with Crippen LogP contribution in [0.5, 0.6) is 0 Å². The second-order valence-corrected chi connectivity index (χ2v) is 7.57. The van der Waals surface area contributed by atoms with Crippen LogP contribution in [0.3, 0.4) is 0 Å². The molecule has 1 N–H and O–H groups in total. The maximum Gasteiger partial charge on any atom is 0.230 e. The summed E-state index contributed by atoms with van der Waals surface area (Å²) >= 11 is 0. The Labute approximate surface area is 143 Å². The van der Waals surface area contributed by atoms with E-state index in [1.54, 1.807) is 0 Å². The zero-order chi connectivity index (χ0) is 16.6. The van der Waals surface area contributed by atoms with Gasteiger partial charge in [0.1, 0.15) is 0 Å². The second kappa shape index (κ2) is 6.47. The number of amides is 1. The van der Waals surface area contributed by atoms with Crippen molar-refractivity contribution in [2.24, 2.45) is 11.3 Å². The number of aliphatic hydroxyl groups excluding tert-OH is 1. The molecule has 1 aromatic carbocycles. The molecule has 0 saturated carbocycles. The molecular formula is C19H26N2O3. The number of piperidine rings is 1. The summed E-state index contributed by atoms with van der Waals surface area (Å²) in [5.74, 6) is 0.429. The highest BCUT2D eigenvalue weighted by Gasteiger charge is 2.41. The van der Waals surface area contributed by atoms with Crippen molar-refractivity contribution in [2.45, 2.75) is 19.3 Å². The smallest absolute Gasteiger partial charge is 0.230 e. The first kappa shape index (κ1) is 16.1. The first-order valence-corrected chi connectivity index (χ1v) is 9.01. The van der Waals surface area contributed by atoms with Crippen LogP contribution in [-0.4, -0.2) is 61.9 Å². The van der Waals surface area contributed by atoms with Gasteiger partial charge in [-0.25, -0.2) is 0 Å². The third kappa shape index (κ3) is 2.85. The molecule has 2 fully saturated rings. The van der Waals surface area contributed by atoms with Crippen LogP contribution in [-0.2, 0) is 16.0 Å². The lowest BCUT2D eigenvalue weighted by Gasteiger charge is -2.45. The van der Waals surface area contributed by atoms with E-state index in [2.05, 4.69) is 17.0 Å². The fraction of sp³-hybridized carbons (Fsp3) is 0.632. The highest BCUT2D eigenvalue weighted by molar-refractivity contribution is 5.97. The van der Waals surface area contributed by atoms with Gasteiger partial charge in [0.25, 0.3) is 0 Å². The predicted octanol–water partition coefficient (Wildman–Crippen LogP) is 1.30. The first-order chi connectivity index (χ1) is 11.7. The van der Waals surface area contributed by atoms with Crippen LogP contribution in [0.2, 0.25) is 0 Å². The van der Waals surface area contributed by atoms with Crippen molar-refractivity contribution in [3.05, 3.63) is 29.8 Å². The van der Waals surface area contributed by atoms with E-state index >= 15 is 0 Å². The summed E-state index contributed by atoms with van der Waals surface area (Å²) in [6.45, 7) is 5.10. The third-order valence-corrected chi connectivity index (χ3v) is 5.80.